The van der Waals surface area contributed by atoms with Gasteiger partial charge in [0.15, 0.2) is 11.5 Å². The molecular weight excluding hydrogens is 192 g/mol. The first kappa shape index (κ1) is 10.3. The number of para-hydroxylation sites is 2. The van der Waals surface area contributed by atoms with E-state index in [0.717, 1.165) is 12.8 Å². The number of rotatable bonds is 3. The van der Waals surface area contributed by atoms with Crippen molar-refractivity contribution in [1.29, 1.82) is 0 Å². The van der Waals surface area contributed by atoms with E-state index in [9.17, 15) is 5.11 Å². The van der Waals surface area contributed by atoms with Crippen LogP contribution < -0.4 is 4.74 Å². The minimum Gasteiger partial charge on any atom is -0.504 e. The topological polar surface area (TPSA) is 38.7 Å². The molecule has 0 aliphatic carbocycles. The van der Waals surface area contributed by atoms with Crippen molar-refractivity contribution in [2.24, 2.45) is 0 Å². The zero-order valence-electron chi connectivity index (χ0n) is 8.85. The predicted molar refractivity (Wildman–Crippen MR) is 57.2 cm³/mol. The van der Waals surface area contributed by atoms with Crippen molar-refractivity contribution in [3.05, 3.63) is 24.3 Å². The summed E-state index contributed by atoms with van der Waals surface area (Å²) in [5, 5.41) is 9.47. The van der Waals surface area contributed by atoms with E-state index in [0.29, 0.717) is 18.5 Å². The summed E-state index contributed by atoms with van der Waals surface area (Å²) in [5.74, 6) is 0.712. The second kappa shape index (κ2) is 4.53. The molecule has 0 spiro atoms. The number of ether oxygens (including phenoxy) is 2. The maximum Gasteiger partial charge on any atom is 0.161 e. The van der Waals surface area contributed by atoms with Gasteiger partial charge in [0.2, 0.25) is 0 Å². The molecule has 1 aromatic rings. The second-order valence-corrected chi connectivity index (χ2v) is 3.92. The van der Waals surface area contributed by atoms with E-state index in [-0.39, 0.29) is 11.9 Å². The number of hydrogen-bond acceptors (Lipinski definition) is 3. The van der Waals surface area contributed by atoms with Gasteiger partial charge in [0.1, 0.15) is 6.61 Å². The first-order valence-electron chi connectivity index (χ1n) is 5.32. The molecule has 2 atom stereocenters. The molecule has 0 saturated carbocycles. The molecule has 1 aliphatic rings. The van der Waals surface area contributed by atoms with Gasteiger partial charge in [0, 0.05) is 0 Å². The molecule has 1 aromatic carbocycles. The lowest BCUT2D eigenvalue weighted by molar-refractivity contribution is 0.0259. The van der Waals surface area contributed by atoms with Gasteiger partial charge in [-0.1, -0.05) is 12.1 Å². The van der Waals surface area contributed by atoms with E-state index in [1.54, 1.807) is 18.2 Å². The molecule has 1 N–H and O–H groups in total. The Labute approximate surface area is 89.6 Å². The van der Waals surface area contributed by atoms with Gasteiger partial charge in [-0.15, -0.1) is 0 Å². The van der Waals surface area contributed by atoms with Crippen LogP contribution in [0.3, 0.4) is 0 Å². The summed E-state index contributed by atoms with van der Waals surface area (Å²) >= 11 is 0. The summed E-state index contributed by atoms with van der Waals surface area (Å²) < 4.78 is 11.1. The molecule has 3 heteroatoms. The van der Waals surface area contributed by atoms with Crippen LogP contribution in [0.4, 0.5) is 0 Å². The Kier molecular flexibility index (Phi) is 3.11. The van der Waals surface area contributed by atoms with Gasteiger partial charge in [-0.2, -0.15) is 0 Å². The minimum absolute atomic E-state index is 0.166. The third-order valence-electron chi connectivity index (χ3n) is 2.61. The van der Waals surface area contributed by atoms with Crippen LogP contribution in [0.15, 0.2) is 24.3 Å². The summed E-state index contributed by atoms with van der Waals surface area (Å²) in [5.41, 5.74) is 0. The highest BCUT2D eigenvalue weighted by molar-refractivity contribution is 5.37. The van der Waals surface area contributed by atoms with Crippen molar-refractivity contribution in [2.45, 2.75) is 32.0 Å². The van der Waals surface area contributed by atoms with Crippen LogP contribution in [-0.2, 0) is 4.74 Å². The highest BCUT2D eigenvalue weighted by Gasteiger charge is 2.22. The van der Waals surface area contributed by atoms with Crippen LogP contribution in [0.5, 0.6) is 11.5 Å². The van der Waals surface area contributed by atoms with Crippen molar-refractivity contribution in [3.63, 3.8) is 0 Å². The fourth-order valence-electron chi connectivity index (χ4n) is 1.77. The fourth-order valence-corrected chi connectivity index (χ4v) is 1.77. The van der Waals surface area contributed by atoms with Crippen LogP contribution >= 0.6 is 0 Å². The molecule has 2 unspecified atom stereocenters. The molecular formula is C12H16O3. The Balaban J connectivity index is 1.86. The van der Waals surface area contributed by atoms with Crippen molar-refractivity contribution in [2.75, 3.05) is 6.61 Å². The Morgan fingerprint density at radius 3 is 2.87 bits per heavy atom. The molecule has 1 aliphatic heterocycles. The van der Waals surface area contributed by atoms with Gasteiger partial charge in [0.05, 0.1) is 12.2 Å². The average Bonchev–Trinajstić information content (AvgIpc) is 2.63. The Hall–Kier alpha value is -1.22. The van der Waals surface area contributed by atoms with Gasteiger partial charge in [-0.25, -0.2) is 0 Å². The zero-order chi connectivity index (χ0) is 10.7. The monoisotopic (exact) mass is 208 g/mol. The summed E-state index contributed by atoms with van der Waals surface area (Å²) in [7, 11) is 0. The zero-order valence-corrected chi connectivity index (χ0v) is 8.85. The van der Waals surface area contributed by atoms with Crippen LogP contribution in [0.2, 0.25) is 0 Å². The van der Waals surface area contributed by atoms with Crippen LogP contribution in [0, 0.1) is 0 Å². The van der Waals surface area contributed by atoms with E-state index in [4.69, 9.17) is 9.47 Å². The fraction of sp³-hybridized carbons (Fsp3) is 0.500. The summed E-state index contributed by atoms with van der Waals surface area (Å²) in [6, 6.07) is 6.99. The maximum atomic E-state index is 9.47. The highest BCUT2D eigenvalue weighted by atomic mass is 16.5. The van der Waals surface area contributed by atoms with Crippen molar-refractivity contribution < 1.29 is 14.6 Å². The summed E-state index contributed by atoms with van der Waals surface area (Å²) in [6.45, 7) is 2.59. The summed E-state index contributed by atoms with van der Waals surface area (Å²) in [4.78, 5) is 0. The molecule has 3 nitrogen and oxygen atoms in total. The van der Waals surface area contributed by atoms with E-state index < -0.39 is 0 Å². The Bertz CT molecular complexity index is 324. The van der Waals surface area contributed by atoms with Crippen LogP contribution in [0.1, 0.15) is 19.8 Å². The van der Waals surface area contributed by atoms with E-state index >= 15 is 0 Å². The number of phenols is 1. The van der Waals surface area contributed by atoms with Gasteiger partial charge in [0.25, 0.3) is 0 Å². The quantitative estimate of drug-likeness (QED) is 0.828. The number of phenolic OH excluding ortho intramolecular Hbond substituents is 1. The van der Waals surface area contributed by atoms with Gasteiger partial charge >= 0.3 is 0 Å². The van der Waals surface area contributed by atoms with E-state index in [2.05, 4.69) is 6.92 Å². The van der Waals surface area contributed by atoms with Crippen LogP contribution in [0.25, 0.3) is 0 Å². The lowest BCUT2D eigenvalue weighted by atomic mass is 10.2. The predicted octanol–water partition coefficient (Wildman–Crippen LogP) is 2.34. The van der Waals surface area contributed by atoms with Crippen molar-refractivity contribution in [3.8, 4) is 11.5 Å². The Morgan fingerprint density at radius 1 is 1.40 bits per heavy atom. The van der Waals surface area contributed by atoms with Gasteiger partial charge in [-0.05, 0) is 31.9 Å². The number of benzene rings is 1. The molecule has 1 fully saturated rings. The average molecular weight is 208 g/mol. The molecule has 82 valence electrons. The molecule has 0 amide bonds. The standard InChI is InChI=1S/C12H16O3/c1-9-6-7-10(15-9)8-14-12-5-3-2-4-11(12)13/h2-5,9-10,13H,6-8H2,1H3. The molecule has 0 aromatic heterocycles. The van der Waals surface area contributed by atoms with E-state index in [1.807, 2.05) is 6.07 Å². The highest BCUT2D eigenvalue weighted by Crippen LogP contribution is 2.26. The first-order chi connectivity index (χ1) is 7.25. The molecule has 0 bridgehead atoms. The first-order valence-corrected chi connectivity index (χ1v) is 5.32. The van der Waals surface area contributed by atoms with Crippen molar-refractivity contribution in [1.82, 2.24) is 0 Å². The smallest absolute Gasteiger partial charge is 0.161 e. The third kappa shape index (κ3) is 2.63. The molecule has 1 heterocycles. The number of hydrogen-bond donors (Lipinski definition) is 1. The molecule has 15 heavy (non-hydrogen) atoms. The second-order valence-electron chi connectivity index (χ2n) is 3.92. The third-order valence-corrected chi connectivity index (χ3v) is 2.61. The minimum atomic E-state index is 0.166. The van der Waals surface area contributed by atoms with E-state index in [1.165, 1.54) is 0 Å². The SMILES string of the molecule is CC1CCC(COc2ccccc2O)O1. The molecule has 2 rings (SSSR count). The largest absolute Gasteiger partial charge is 0.504 e. The summed E-state index contributed by atoms with van der Waals surface area (Å²) in [6.07, 6.45) is 2.63. The van der Waals surface area contributed by atoms with Gasteiger partial charge < -0.3 is 14.6 Å². The van der Waals surface area contributed by atoms with Gasteiger partial charge in [-0.3, -0.25) is 0 Å². The lowest BCUT2D eigenvalue weighted by Crippen LogP contribution is -2.17. The maximum absolute atomic E-state index is 9.47. The number of aromatic hydroxyl groups is 1. The Morgan fingerprint density at radius 2 is 2.20 bits per heavy atom. The lowest BCUT2D eigenvalue weighted by Gasteiger charge is -2.13. The molecule has 0 radical (unpaired) electrons. The molecule has 1 saturated heterocycles. The van der Waals surface area contributed by atoms with Crippen LogP contribution in [-0.4, -0.2) is 23.9 Å². The van der Waals surface area contributed by atoms with Crippen molar-refractivity contribution >= 4 is 0 Å². The normalized spacial score (nSPS) is 25.4.